The molecule has 6 heterocycles. The molecule has 51 heavy (non-hydrogen) atoms. The van der Waals surface area contributed by atoms with Crippen LogP contribution in [-0.4, -0.2) is 126 Å². The first-order valence-electron chi connectivity index (χ1n) is 19.1. The fraction of sp³-hybridized carbons (Fsp3) is 0.718. The van der Waals surface area contributed by atoms with E-state index < -0.39 is 17.9 Å². The summed E-state index contributed by atoms with van der Waals surface area (Å²) in [7, 11) is 0. The van der Waals surface area contributed by atoms with Crippen LogP contribution >= 0.6 is 0 Å². The Balaban J connectivity index is 0.000000205. The standard InChI is InChI=1S/C22H35FN4O2.C17H27FN4/c1-16-14-27(21(28)29-22(3,4)5)11-10-26(16)15-18-12-20(17(2)24-13-18)25-8-6-19(23)7-9-25;1-13-10-19-5-8-22(13)12-15-9-17(14(2)20-11-15)21-6-3-16(18)4-7-21/h12-13,16,19H,6-11,14-15H2,1-5H3;9,11,13,16,19H,3-8,10,12H2,1-2H3/t16-;13-/m00/s1. The topological polar surface area (TPSA) is 80.3 Å². The quantitative estimate of drug-likeness (QED) is 0.395. The lowest BCUT2D eigenvalue weighted by atomic mass is 10.1. The van der Waals surface area contributed by atoms with E-state index in [1.807, 2.05) is 47.0 Å². The van der Waals surface area contributed by atoms with Crippen molar-refractivity contribution in [1.82, 2.24) is 30.0 Å². The van der Waals surface area contributed by atoms with Gasteiger partial charge in [-0.15, -0.1) is 0 Å². The minimum Gasteiger partial charge on any atom is -0.444 e. The second-order valence-electron chi connectivity index (χ2n) is 16.0. The number of hydrogen-bond acceptors (Lipinski definition) is 9. The minimum atomic E-state index is -0.676. The normalized spacial score (nSPS) is 23.2. The third-order valence-electron chi connectivity index (χ3n) is 10.6. The van der Waals surface area contributed by atoms with E-state index in [2.05, 4.69) is 60.9 Å². The van der Waals surface area contributed by atoms with Crippen molar-refractivity contribution >= 4 is 17.5 Å². The van der Waals surface area contributed by atoms with E-state index >= 15 is 0 Å². The van der Waals surface area contributed by atoms with Crippen LogP contribution in [0.4, 0.5) is 25.0 Å². The maximum atomic E-state index is 13.5. The minimum absolute atomic E-state index is 0.237. The molecule has 2 atom stereocenters. The smallest absolute Gasteiger partial charge is 0.410 e. The molecule has 4 aliphatic heterocycles. The van der Waals surface area contributed by atoms with Crippen molar-refractivity contribution in [3.63, 3.8) is 0 Å². The fourth-order valence-corrected chi connectivity index (χ4v) is 7.43. The van der Waals surface area contributed by atoms with Gasteiger partial charge in [0.25, 0.3) is 0 Å². The van der Waals surface area contributed by atoms with Crippen LogP contribution in [0.3, 0.4) is 0 Å². The number of rotatable bonds is 6. The molecule has 1 N–H and O–H groups in total. The van der Waals surface area contributed by atoms with Crippen LogP contribution in [0, 0.1) is 13.8 Å². The van der Waals surface area contributed by atoms with Crippen molar-refractivity contribution in [1.29, 1.82) is 0 Å². The molecular formula is C39H62F2N8O2. The number of anilines is 2. The molecule has 12 heteroatoms. The predicted molar refractivity (Wildman–Crippen MR) is 201 cm³/mol. The largest absolute Gasteiger partial charge is 0.444 e. The van der Waals surface area contributed by atoms with Gasteiger partial charge in [0.15, 0.2) is 0 Å². The van der Waals surface area contributed by atoms with Crippen molar-refractivity contribution in [2.45, 2.75) is 117 Å². The number of amides is 1. The number of ether oxygens (including phenoxy) is 1. The van der Waals surface area contributed by atoms with E-state index in [-0.39, 0.29) is 12.1 Å². The summed E-state index contributed by atoms with van der Waals surface area (Å²) >= 11 is 0. The zero-order chi connectivity index (χ0) is 36.7. The molecule has 0 bridgehead atoms. The van der Waals surface area contributed by atoms with Crippen LogP contribution in [0.5, 0.6) is 0 Å². The van der Waals surface area contributed by atoms with E-state index in [1.165, 1.54) is 11.3 Å². The molecule has 2 aromatic heterocycles. The van der Waals surface area contributed by atoms with Crippen LogP contribution < -0.4 is 15.1 Å². The van der Waals surface area contributed by atoms with Gasteiger partial charge >= 0.3 is 6.09 Å². The average Bonchev–Trinajstić information content (AvgIpc) is 3.09. The summed E-state index contributed by atoms with van der Waals surface area (Å²) in [5.74, 6) is 0. The molecular weight excluding hydrogens is 650 g/mol. The van der Waals surface area contributed by atoms with Gasteiger partial charge in [-0.2, -0.15) is 0 Å². The molecule has 0 radical (unpaired) electrons. The van der Waals surface area contributed by atoms with E-state index in [0.29, 0.717) is 44.8 Å². The van der Waals surface area contributed by atoms with Gasteiger partial charge in [0, 0.05) is 103 Å². The Kier molecular flexibility index (Phi) is 13.5. The number of aryl methyl sites for hydroxylation is 2. The maximum absolute atomic E-state index is 13.5. The average molecular weight is 713 g/mol. The fourth-order valence-electron chi connectivity index (χ4n) is 7.43. The Hall–Kier alpha value is -3.09. The highest BCUT2D eigenvalue weighted by Gasteiger charge is 2.30. The summed E-state index contributed by atoms with van der Waals surface area (Å²) in [6, 6.07) is 5.26. The number of piperidine rings is 2. The molecule has 10 nitrogen and oxygen atoms in total. The predicted octanol–water partition coefficient (Wildman–Crippen LogP) is 5.89. The summed E-state index contributed by atoms with van der Waals surface area (Å²) in [4.78, 5) is 32.8. The lowest BCUT2D eigenvalue weighted by molar-refractivity contribution is 0.00459. The van der Waals surface area contributed by atoms with Gasteiger partial charge in [-0.3, -0.25) is 19.8 Å². The Labute approximate surface area is 304 Å². The van der Waals surface area contributed by atoms with E-state index in [0.717, 1.165) is 88.1 Å². The summed E-state index contributed by atoms with van der Waals surface area (Å²) in [6.07, 6.45) is 4.85. The number of pyridine rings is 2. The van der Waals surface area contributed by atoms with E-state index in [1.54, 1.807) is 4.90 Å². The maximum Gasteiger partial charge on any atom is 0.410 e. The number of alkyl halides is 2. The molecule has 0 unspecified atom stereocenters. The number of carbonyl (C=O) groups excluding carboxylic acids is 1. The summed E-state index contributed by atoms with van der Waals surface area (Å²) < 4.78 is 32.4. The number of hydrogen-bond donors (Lipinski definition) is 1. The molecule has 0 saturated carbocycles. The van der Waals surface area contributed by atoms with Crippen molar-refractivity contribution < 1.29 is 18.3 Å². The first-order chi connectivity index (χ1) is 24.3. The molecule has 1 amide bonds. The zero-order valence-corrected chi connectivity index (χ0v) is 32.1. The third-order valence-corrected chi connectivity index (χ3v) is 10.6. The summed E-state index contributed by atoms with van der Waals surface area (Å²) in [5.41, 5.74) is 6.30. The van der Waals surface area contributed by atoms with Crippen LogP contribution in [0.1, 0.15) is 82.8 Å². The molecule has 4 aliphatic rings. The highest BCUT2D eigenvalue weighted by Crippen LogP contribution is 2.27. The molecule has 4 saturated heterocycles. The second-order valence-corrected chi connectivity index (χ2v) is 16.0. The first kappa shape index (κ1) is 39.1. The molecule has 284 valence electrons. The zero-order valence-electron chi connectivity index (χ0n) is 32.1. The number of nitrogens with zero attached hydrogens (tertiary/aromatic N) is 7. The first-order valence-corrected chi connectivity index (χ1v) is 19.1. The number of aromatic nitrogens is 2. The van der Waals surface area contributed by atoms with Gasteiger partial charge in [-0.25, -0.2) is 13.6 Å². The van der Waals surface area contributed by atoms with Crippen molar-refractivity contribution in [2.75, 3.05) is 75.2 Å². The molecule has 0 spiro atoms. The Bertz CT molecular complexity index is 1420. The molecule has 2 aromatic rings. The van der Waals surface area contributed by atoms with E-state index in [9.17, 15) is 13.6 Å². The molecule has 0 aliphatic carbocycles. The number of piperazine rings is 2. The van der Waals surface area contributed by atoms with Crippen LogP contribution in [0.25, 0.3) is 0 Å². The number of halogens is 2. The Morgan fingerprint density at radius 2 is 1.27 bits per heavy atom. The van der Waals surface area contributed by atoms with Crippen LogP contribution in [0.2, 0.25) is 0 Å². The monoisotopic (exact) mass is 712 g/mol. The van der Waals surface area contributed by atoms with Gasteiger partial charge in [0.2, 0.25) is 0 Å². The van der Waals surface area contributed by atoms with Gasteiger partial charge < -0.3 is 24.8 Å². The number of nitrogens with one attached hydrogen (secondary N) is 1. The van der Waals surface area contributed by atoms with Crippen molar-refractivity contribution in [2.24, 2.45) is 0 Å². The van der Waals surface area contributed by atoms with Crippen molar-refractivity contribution in [3.8, 4) is 0 Å². The van der Waals surface area contributed by atoms with Gasteiger partial charge in [-0.1, -0.05) is 0 Å². The van der Waals surface area contributed by atoms with Crippen LogP contribution in [0.15, 0.2) is 24.5 Å². The number of carbonyl (C=O) groups is 1. The summed E-state index contributed by atoms with van der Waals surface area (Å²) in [6.45, 7) is 24.3. The Morgan fingerprint density at radius 1 is 0.784 bits per heavy atom. The van der Waals surface area contributed by atoms with Gasteiger partial charge in [-0.05, 0) is 97.4 Å². The highest BCUT2D eigenvalue weighted by atomic mass is 19.1. The lowest BCUT2D eigenvalue weighted by Gasteiger charge is -2.40. The van der Waals surface area contributed by atoms with Crippen LogP contribution in [-0.2, 0) is 17.8 Å². The third kappa shape index (κ3) is 11.2. The molecule has 0 aromatic carbocycles. The second kappa shape index (κ2) is 17.6. The summed E-state index contributed by atoms with van der Waals surface area (Å²) in [5, 5.41) is 3.43. The molecule has 4 fully saturated rings. The lowest BCUT2D eigenvalue weighted by Crippen LogP contribution is -2.54. The van der Waals surface area contributed by atoms with Crippen molar-refractivity contribution in [3.05, 3.63) is 47.0 Å². The molecule has 6 rings (SSSR count). The van der Waals surface area contributed by atoms with Gasteiger partial charge in [0.05, 0.1) is 22.8 Å². The Morgan fingerprint density at radius 3 is 1.73 bits per heavy atom. The highest BCUT2D eigenvalue weighted by molar-refractivity contribution is 5.68. The van der Waals surface area contributed by atoms with Gasteiger partial charge in [0.1, 0.15) is 17.9 Å². The SMILES string of the molecule is Cc1ncc(CN2CCN(C(=O)OC(C)(C)C)C[C@@H]2C)cc1N1CCC(F)CC1.Cc1ncc(CN2CCNC[C@@H]2C)cc1N1CCC(F)CC1. The van der Waals surface area contributed by atoms with E-state index in [4.69, 9.17) is 4.74 Å².